The summed E-state index contributed by atoms with van der Waals surface area (Å²) >= 11 is 1.26. The molecule has 0 spiro atoms. The number of nitrogens with one attached hydrogen (secondary N) is 1. The first kappa shape index (κ1) is 13.8. The van der Waals surface area contributed by atoms with Gasteiger partial charge in [0.25, 0.3) is 5.91 Å². The van der Waals surface area contributed by atoms with Gasteiger partial charge in [-0.05, 0) is 18.8 Å². The molecule has 1 aliphatic carbocycles. The molecular formula is C15H14N2O3S. The highest BCUT2D eigenvalue weighted by molar-refractivity contribution is 7.16. The maximum Gasteiger partial charge on any atom is 0.326 e. The fourth-order valence-electron chi connectivity index (χ4n) is 2.12. The predicted molar refractivity (Wildman–Crippen MR) is 79.2 cm³/mol. The van der Waals surface area contributed by atoms with Crippen molar-refractivity contribution >= 4 is 23.2 Å². The normalized spacial score (nSPS) is 15.4. The molecule has 0 bridgehead atoms. The van der Waals surface area contributed by atoms with Gasteiger partial charge < -0.3 is 10.4 Å². The minimum Gasteiger partial charge on any atom is -0.480 e. The van der Waals surface area contributed by atoms with Crippen LogP contribution in [0.3, 0.4) is 0 Å². The number of hydrogen-bond donors (Lipinski definition) is 2. The zero-order valence-corrected chi connectivity index (χ0v) is 12.0. The summed E-state index contributed by atoms with van der Waals surface area (Å²) < 4.78 is 0. The molecule has 2 N–H and O–H groups in total. The van der Waals surface area contributed by atoms with Crippen LogP contribution in [0.25, 0.3) is 10.6 Å². The Morgan fingerprint density at radius 1 is 1.29 bits per heavy atom. The number of rotatable bonds is 5. The Balaban J connectivity index is 1.73. The minimum absolute atomic E-state index is 0.0629. The molecule has 6 heteroatoms. The summed E-state index contributed by atoms with van der Waals surface area (Å²) in [4.78, 5) is 27.9. The molecule has 0 aliphatic heterocycles. The van der Waals surface area contributed by atoms with Gasteiger partial charge in [-0.3, -0.25) is 4.79 Å². The van der Waals surface area contributed by atoms with Crippen molar-refractivity contribution in [3.8, 4) is 10.6 Å². The van der Waals surface area contributed by atoms with Crippen molar-refractivity contribution in [2.45, 2.75) is 18.9 Å². The van der Waals surface area contributed by atoms with Gasteiger partial charge in [0, 0.05) is 5.56 Å². The summed E-state index contributed by atoms with van der Waals surface area (Å²) in [5.41, 5.74) is 0.943. The molecule has 1 fully saturated rings. The summed E-state index contributed by atoms with van der Waals surface area (Å²) in [6.45, 7) is 0. The van der Waals surface area contributed by atoms with Crippen molar-refractivity contribution in [3.05, 3.63) is 41.4 Å². The monoisotopic (exact) mass is 302 g/mol. The smallest absolute Gasteiger partial charge is 0.326 e. The summed E-state index contributed by atoms with van der Waals surface area (Å²) in [7, 11) is 0. The lowest BCUT2D eigenvalue weighted by atomic mass is 10.2. The molecule has 5 nitrogen and oxygen atoms in total. The van der Waals surface area contributed by atoms with Crippen LogP contribution in [0, 0.1) is 5.92 Å². The van der Waals surface area contributed by atoms with Gasteiger partial charge in [0.2, 0.25) is 0 Å². The van der Waals surface area contributed by atoms with Gasteiger partial charge in [0.1, 0.15) is 15.9 Å². The number of carbonyl (C=O) groups is 2. The van der Waals surface area contributed by atoms with E-state index in [1.807, 2.05) is 30.3 Å². The zero-order valence-electron chi connectivity index (χ0n) is 11.2. The van der Waals surface area contributed by atoms with Crippen LogP contribution in [0.1, 0.15) is 22.5 Å². The average molecular weight is 302 g/mol. The number of carbonyl (C=O) groups excluding carboxylic acids is 1. The Bertz CT molecular complexity index is 665. The van der Waals surface area contributed by atoms with Crippen molar-refractivity contribution in [2.75, 3.05) is 0 Å². The second-order valence-electron chi connectivity index (χ2n) is 5.02. The van der Waals surface area contributed by atoms with Crippen molar-refractivity contribution in [1.82, 2.24) is 10.3 Å². The van der Waals surface area contributed by atoms with E-state index in [9.17, 15) is 9.59 Å². The van der Waals surface area contributed by atoms with Crippen LogP contribution in [-0.4, -0.2) is 28.0 Å². The first-order valence-electron chi connectivity index (χ1n) is 6.70. The summed E-state index contributed by atoms with van der Waals surface area (Å²) in [6, 6.07) is 8.78. The molecule has 1 heterocycles. The van der Waals surface area contributed by atoms with E-state index in [1.54, 1.807) is 0 Å². The molecule has 0 radical (unpaired) electrons. The zero-order chi connectivity index (χ0) is 14.8. The molecule has 108 valence electrons. The molecule has 1 atom stereocenters. The minimum atomic E-state index is -0.973. The number of carboxylic acids is 1. The van der Waals surface area contributed by atoms with Crippen LogP contribution in [0.4, 0.5) is 0 Å². The number of hydrogen-bond acceptors (Lipinski definition) is 4. The van der Waals surface area contributed by atoms with Crippen LogP contribution in [0.2, 0.25) is 0 Å². The first-order chi connectivity index (χ1) is 10.1. The number of aliphatic carboxylic acids is 1. The van der Waals surface area contributed by atoms with E-state index in [0.29, 0.717) is 4.88 Å². The van der Waals surface area contributed by atoms with Gasteiger partial charge in [0.15, 0.2) is 0 Å². The molecule has 1 amide bonds. The number of carboxylic acid groups (broad SMARTS) is 1. The second kappa shape index (κ2) is 5.65. The molecule has 0 saturated heterocycles. The van der Waals surface area contributed by atoms with Gasteiger partial charge in [-0.25, -0.2) is 9.78 Å². The van der Waals surface area contributed by atoms with Gasteiger partial charge in [-0.15, -0.1) is 11.3 Å². The van der Waals surface area contributed by atoms with Gasteiger partial charge in [-0.2, -0.15) is 0 Å². The third-order valence-corrected chi connectivity index (χ3v) is 4.44. The molecule has 1 saturated carbocycles. The maximum atomic E-state index is 12.1. The van der Waals surface area contributed by atoms with E-state index in [2.05, 4.69) is 10.3 Å². The molecule has 1 aliphatic rings. The predicted octanol–water partition coefficient (Wildman–Crippen LogP) is 2.40. The van der Waals surface area contributed by atoms with Crippen molar-refractivity contribution in [3.63, 3.8) is 0 Å². The number of nitrogens with zero attached hydrogens (tertiary/aromatic N) is 1. The summed E-state index contributed by atoms with van der Waals surface area (Å²) in [5.74, 6) is -1.28. The molecule has 3 rings (SSSR count). The molecule has 1 unspecified atom stereocenters. The van der Waals surface area contributed by atoms with Crippen molar-refractivity contribution < 1.29 is 14.7 Å². The van der Waals surface area contributed by atoms with Crippen LogP contribution < -0.4 is 5.32 Å². The molecule has 21 heavy (non-hydrogen) atoms. The van der Waals surface area contributed by atoms with Gasteiger partial charge in [0.05, 0.1) is 6.20 Å². The van der Waals surface area contributed by atoms with Gasteiger partial charge >= 0.3 is 5.97 Å². The maximum absolute atomic E-state index is 12.1. The van der Waals surface area contributed by atoms with E-state index in [-0.39, 0.29) is 11.8 Å². The Morgan fingerprint density at radius 3 is 2.62 bits per heavy atom. The number of amides is 1. The van der Waals surface area contributed by atoms with Crippen molar-refractivity contribution in [2.24, 2.45) is 5.92 Å². The average Bonchev–Trinajstić information content (AvgIpc) is 3.20. The third kappa shape index (κ3) is 3.11. The number of thiazole rings is 1. The quantitative estimate of drug-likeness (QED) is 0.889. The largest absolute Gasteiger partial charge is 0.480 e. The SMILES string of the molecule is O=C(NC(C(=O)O)C1CC1)c1cnc(-c2ccccc2)s1. The highest BCUT2D eigenvalue weighted by Crippen LogP contribution is 2.33. The lowest BCUT2D eigenvalue weighted by Crippen LogP contribution is -2.42. The highest BCUT2D eigenvalue weighted by atomic mass is 32.1. The fraction of sp³-hybridized carbons (Fsp3) is 0.267. The number of aromatic nitrogens is 1. The standard InChI is InChI=1S/C15H14N2O3S/c18-13(17-12(15(19)20)9-6-7-9)11-8-16-14(21-11)10-4-2-1-3-5-10/h1-5,8-9,12H,6-7H2,(H,17,18)(H,19,20). The summed E-state index contributed by atoms with van der Waals surface area (Å²) in [6.07, 6.45) is 3.21. The Kier molecular flexibility index (Phi) is 3.70. The Labute approximate surface area is 125 Å². The lowest BCUT2D eigenvalue weighted by Gasteiger charge is -2.12. The van der Waals surface area contributed by atoms with E-state index in [1.165, 1.54) is 17.5 Å². The van der Waals surface area contributed by atoms with E-state index in [0.717, 1.165) is 23.4 Å². The van der Waals surface area contributed by atoms with Crippen LogP contribution >= 0.6 is 11.3 Å². The molecular weight excluding hydrogens is 288 g/mol. The van der Waals surface area contributed by atoms with Gasteiger partial charge in [-0.1, -0.05) is 30.3 Å². The molecule has 2 aromatic rings. The summed E-state index contributed by atoms with van der Waals surface area (Å²) in [5, 5.41) is 12.5. The van der Waals surface area contributed by atoms with E-state index < -0.39 is 12.0 Å². The van der Waals surface area contributed by atoms with Crippen LogP contribution in [0.15, 0.2) is 36.5 Å². The molecule has 1 aromatic carbocycles. The molecule has 1 aromatic heterocycles. The van der Waals surface area contributed by atoms with Crippen LogP contribution in [-0.2, 0) is 4.79 Å². The van der Waals surface area contributed by atoms with E-state index >= 15 is 0 Å². The van der Waals surface area contributed by atoms with E-state index in [4.69, 9.17) is 5.11 Å². The topological polar surface area (TPSA) is 79.3 Å². The Hall–Kier alpha value is -2.21. The van der Waals surface area contributed by atoms with Crippen LogP contribution in [0.5, 0.6) is 0 Å². The first-order valence-corrected chi connectivity index (χ1v) is 7.51. The third-order valence-electron chi connectivity index (χ3n) is 3.40. The Morgan fingerprint density at radius 2 is 2.00 bits per heavy atom. The lowest BCUT2D eigenvalue weighted by molar-refractivity contribution is -0.139. The highest BCUT2D eigenvalue weighted by Gasteiger charge is 2.37. The fourth-order valence-corrected chi connectivity index (χ4v) is 2.94. The van der Waals surface area contributed by atoms with Crippen molar-refractivity contribution in [1.29, 1.82) is 0 Å². The number of benzene rings is 1. The second-order valence-corrected chi connectivity index (χ2v) is 6.05.